The number of rotatable bonds is 6. The smallest absolute Gasteiger partial charge is 0.179 e. The third kappa shape index (κ3) is 4.64. The van der Waals surface area contributed by atoms with Crippen LogP contribution in [-0.2, 0) is 0 Å². The first kappa shape index (κ1) is 29.0. The number of hydrogen-bond donors (Lipinski definition) is 0. The van der Waals surface area contributed by atoms with Crippen LogP contribution in [0.25, 0.3) is 38.6 Å². The monoisotopic (exact) mass is 627 g/mol. The van der Waals surface area contributed by atoms with Crippen molar-refractivity contribution in [1.29, 1.82) is 10.5 Å². The van der Waals surface area contributed by atoms with E-state index in [2.05, 4.69) is 162 Å². The molecule has 8 rings (SSSR count). The van der Waals surface area contributed by atoms with Gasteiger partial charge in [-0.3, -0.25) is 0 Å². The third-order valence-corrected chi connectivity index (χ3v) is 14.2. The van der Waals surface area contributed by atoms with E-state index < -0.39 is 8.07 Å². The number of para-hydroxylation sites is 1. The second-order valence-corrected chi connectivity index (χ2v) is 15.8. The van der Waals surface area contributed by atoms with Crippen molar-refractivity contribution in [2.24, 2.45) is 0 Å². The maximum absolute atomic E-state index is 10.7. The van der Waals surface area contributed by atoms with Crippen LogP contribution in [0.1, 0.15) is 11.1 Å². The van der Waals surface area contributed by atoms with Crippen LogP contribution < -0.4 is 20.7 Å². The lowest BCUT2D eigenvalue weighted by Gasteiger charge is -2.34. The first-order valence-electron chi connectivity index (χ1n) is 16.0. The molecule has 0 aliphatic carbocycles. The van der Waals surface area contributed by atoms with Crippen molar-refractivity contribution in [3.63, 3.8) is 0 Å². The van der Waals surface area contributed by atoms with E-state index >= 15 is 0 Å². The van der Waals surface area contributed by atoms with Gasteiger partial charge in [-0.25, -0.2) is 0 Å². The van der Waals surface area contributed by atoms with Gasteiger partial charge in [0.25, 0.3) is 0 Å². The number of aromatic nitrogens is 1. The van der Waals surface area contributed by atoms with E-state index in [0.717, 1.165) is 38.6 Å². The lowest BCUT2D eigenvalue weighted by Crippen LogP contribution is -2.74. The first-order valence-corrected chi connectivity index (χ1v) is 18.0. The Bertz CT molecular complexity index is 2430. The normalized spacial score (nSPS) is 11.3. The molecule has 0 N–H and O–H groups in total. The average Bonchev–Trinajstić information content (AvgIpc) is 3.50. The van der Waals surface area contributed by atoms with Gasteiger partial charge in [-0.15, -0.1) is 0 Å². The Morgan fingerprint density at radius 3 is 1.67 bits per heavy atom. The minimum absolute atomic E-state index is 0.638. The molecule has 0 fully saturated rings. The zero-order valence-electron chi connectivity index (χ0n) is 26.1. The van der Waals surface area contributed by atoms with Crippen LogP contribution in [0.5, 0.6) is 0 Å². The largest absolute Gasteiger partial charge is 0.309 e. The molecular formula is C44H29N3Si. The van der Waals surface area contributed by atoms with Crippen molar-refractivity contribution in [2.75, 3.05) is 0 Å². The second kappa shape index (κ2) is 12.0. The number of nitrogens with zero attached hydrogens (tertiary/aromatic N) is 3. The number of fused-ring (bicyclic) bond motifs is 3. The molecule has 0 radical (unpaired) electrons. The maximum atomic E-state index is 10.7. The molecule has 4 heteroatoms. The molecule has 0 saturated carbocycles. The van der Waals surface area contributed by atoms with Gasteiger partial charge >= 0.3 is 0 Å². The fourth-order valence-electron chi connectivity index (χ4n) is 7.32. The fourth-order valence-corrected chi connectivity index (χ4v) is 12.1. The summed E-state index contributed by atoms with van der Waals surface area (Å²) in [5, 5.41) is 27.4. The highest BCUT2D eigenvalue weighted by Crippen LogP contribution is 2.34. The number of hydrogen-bond acceptors (Lipinski definition) is 2. The van der Waals surface area contributed by atoms with Crippen LogP contribution in [0.3, 0.4) is 0 Å². The summed E-state index contributed by atoms with van der Waals surface area (Å²) in [7, 11) is -2.77. The van der Waals surface area contributed by atoms with Crippen molar-refractivity contribution in [3.05, 3.63) is 187 Å². The summed E-state index contributed by atoms with van der Waals surface area (Å²) in [4.78, 5) is 0. The standard InChI is InChI=1S/C44H29N3Si/c45-30-32-23-26-44-42(27-32)41-21-10-11-22-43(41)47(44)35-14-12-13-33(28-35)40-25-24-39(29-34(40)31-46)48(36-15-4-1-5-16-36,37-17-6-2-7-18-37)38-19-8-3-9-20-38/h1-29H. The summed E-state index contributed by atoms with van der Waals surface area (Å²) in [5.41, 5.74) is 6.25. The molecule has 0 amide bonds. The van der Waals surface area contributed by atoms with Gasteiger partial charge < -0.3 is 4.57 Å². The Hall–Kier alpha value is -6.46. The Balaban J connectivity index is 1.33. The minimum atomic E-state index is -2.77. The summed E-state index contributed by atoms with van der Waals surface area (Å²) in [6.45, 7) is 0. The van der Waals surface area contributed by atoms with Crippen LogP contribution >= 0.6 is 0 Å². The molecule has 0 saturated heterocycles. The molecule has 0 spiro atoms. The highest BCUT2D eigenvalue weighted by atomic mass is 28.3. The second-order valence-electron chi connectivity index (χ2n) is 12.0. The van der Waals surface area contributed by atoms with Gasteiger partial charge in [-0.2, -0.15) is 10.5 Å². The lowest BCUT2D eigenvalue weighted by atomic mass is 10.00. The summed E-state index contributed by atoms with van der Waals surface area (Å²) in [6, 6.07) is 66.2. The predicted molar refractivity (Wildman–Crippen MR) is 199 cm³/mol. The van der Waals surface area contributed by atoms with E-state index in [1.54, 1.807) is 0 Å². The molecule has 0 bridgehead atoms. The zero-order chi connectivity index (χ0) is 32.5. The van der Waals surface area contributed by atoms with Crippen molar-refractivity contribution < 1.29 is 0 Å². The molecule has 48 heavy (non-hydrogen) atoms. The van der Waals surface area contributed by atoms with Gasteiger partial charge in [0.05, 0.1) is 34.3 Å². The van der Waals surface area contributed by atoms with E-state index in [9.17, 15) is 10.5 Å². The molecule has 224 valence electrons. The van der Waals surface area contributed by atoms with Crippen LogP contribution in [0, 0.1) is 22.7 Å². The summed E-state index contributed by atoms with van der Waals surface area (Å²) >= 11 is 0. The Labute approximate surface area is 280 Å². The molecule has 1 aromatic heterocycles. The average molecular weight is 628 g/mol. The molecule has 0 unspecified atom stereocenters. The predicted octanol–water partition coefficient (Wildman–Crippen LogP) is 7.57. The van der Waals surface area contributed by atoms with Crippen LogP contribution in [-0.4, -0.2) is 12.6 Å². The Kier molecular flexibility index (Phi) is 7.27. The van der Waals surface area contributed by atoms with Gasteiger partial charge in [0.2, 0.25) is 0 Å². The summed E-state index contributed by atoms with van der Waals surface area (Å²) in [5.74, 6) is 0. The molecule has 0 aliphatic heterocycles. The first-order chi connectivity index (χ1) is 23.7. The van der Waals surface area contributed by atoms with E-state index in [1.807, 2.05) is 30.3 Å². The molecule has 1 heterocycles. The summed E-state index contributed by atoms with van der Waals surface area (Å²) in [6.07, 6.45) is 0. The minimum Gasteiger partial charge on any atom is -0.309 e. The maximum Gasteiger partial charge on any atom is 0.179 e. The van der Waals surface area contributed by atoms with Gasteiger partial charge in [0.15, 0.2) is 8.07 Å². The van der Waals surface area contributed by atoms with Gasteiger partial charge in [0, 0.05) is 16.5 Å². The summed E-state index contributed by atoms with van der Waals surface area (Å²) < 4.78 is 2.24. The highest BCUT2D eigenvalue weighted by molar-refractivity contribution is 7.19. The van der Waals surface area contributed by atoms with Gasteiger partial charge in [-0.05, 0) is 74.3 Å². The van der Waals surface area contributed by atoms with Crippen molar-refractivity contribution in [3.8, 4) is 29.0 Å². The Morgan fingerprint density at radius 2 is 1.04 bits per heavy atom. The van der Waals surface area contributed by atoms with Crippen molar-refractivity contribution >= 4 is 50.6 Å². The van der Waals surface area contributed by atoms with Crippen LogP contribution in [0.4, 0.5) is 0 Å². The van der Waals surface area contributed by atoms with E-state index in [-0.39, 0.29) is 0 Å². The number of nitriles is 2. The zero-order valence-corrected chi connectivity index (χ0v) is 27.1. The van der Waals surface area contributed by atoms with E-state index in [4.69, 9.17) is 0 Å². The SMILES string of the molecule is N#Cc1ccc2c(c1)c1ccccc1n2-c1cccc(-c2ccc([Si](c3ccccc3)(c3ccccc3)c3ccccc3)cc2C#N)c1. The third-order valence-electron chi connectivity index (χ3n) is 9.41. The van der Waals surface area contributed by atoms with Crippen LogP contribution in [0.15, 0.2) is 176 Å². The Morgan fingerprint density at radius 1 is 0.438 bits per heavy atom. The molecule has 3 nitrogen and oxygen atoms in total. The van der Waals surface area contributed by atoms with Crippen molar-refractivity contribution in [2.45, 2.75) is 0 Å². The fraction of sp³-hybridized carbons (Fsp3) is 0. The quantitative estimate of drug-likeness (QED) is 0.141. The topological polar surface area (TPSA) is 52.5 Å². The molecule has 0 aliphatic rings. The lowest BCUT2D eigenvalue weighted by molar-refractivity contribution is 1.18. The van der Waals surface area contributed by atoms with E-state index in [1.165, 1.54) is 20.7 Å². The van der Waals surface area contributed by atoms with Gasteiger partial charge in [-0.1, -0.05) is 133 Å². The van der Waals surface area contributed by atoms with Crippen molar-refractivity contribution in [1.82, 2.24) is 4.57 Å². The molecular weight excluding hydrogens is 599 g/mol. The molecule has 0 atom stereocenters. The van der Waals surface area contributed by atoms with Gasteiger partial charge in [0.1, 0.15) is 0 Å². The molecule has 7 aromatic carbocycles. The van der Waals surface area contributed by atoms with E-state index in [0.29, 0.717) is 11.1 Å². The van der Waals surface area contributed by atoms with Crippen LogP contribution in [0.2, 0.25) is 0 Å². The highest BCUT2D eigenvalue weighted by Gasteiger charge is 2.41. The number of benzene rings is 7. The molecule has 8 aromatic rings.